The van der Waals surface area contributed by atoms with Crippen LogP contribution in [0.4, 0.5) is 0 Å². The predicted molar refractivity (Wildman–Crippen MR) is 42.4 cm³/mol. The highest BCUT2D eigenvalue weighted by molar-refractivity contribution is 4.91. The molecule has 0 spiro atoms. The van der Waals surface area contributed by atoms with Gasteiger partial charge in [0.05, 0.1) is 0 Å². The molecule has 0 N–H and O–H groups in total. The molecule has 0 unspecified atom stereocenters. The minimum Gasteiger partial charge on any atom is -0.378 e. The maximum Gasteiger partial charge on any atom is 0.0143 e. The van der Waals surface area contributed by atoms with Gasteiger partial charge in [0.2, 0.25) is 0 Å². The SMILES string of the molecule is CCN(C=C(C)C)CC. The Morgan fingerprint density at radius 1 is 1.22 bits per heavy atom. The number of rotatable bonds is 3. The van der Waals surface area contributed by atoms with Crippen LogP contribution in [0.2, 0.25) is 0 Å². The van der Waals surface area contributed by atoms with E-state index in [4.69, 9.17) is 0 Å². The highest BCUT2D eigenvalue weighted by Gasteiger charge is 1.88. The highest BCUT2D eigenvalue weighted by Crippen LogP contribution is 1.94. The Hall–Kier alpha value is -0.460. The van der Waals surface area contributed by atoms with Crippen molar-refractivity contribution in [3.05, 3.63) is 11.8 Å². The van der Waals surface area contributed by atoms with Gasteiger partial charge in [0.25, 0.3) is 0 Å². The third-order valence-electron chi connectivity index (χ3n) is 1.25. The molecule has 0 amide bonds. The molecular weight excluding hydrogens is 110 g/mol. The number of allylic oxidation sites excluding steroid dienone is 1. The summed E-state index contributed by atoms with van der Waals surface area (Å²) in [5.41, 5.74) is 1.37. The van der Waals surface area contributed by atoms with E-state index in [0.29, 0.717) is 0 Å². The molecule has 0 aliphatic rings. The summed E-state index contributed by atoms with van der Waals surface area (Å²) in [4.78, 5) is 2.29. The second kappa shape index (κ2) is 4.42. The summed E-state index contributed by atoms with van der Waals surface area (Å²) in [7, 11) is 0. The lowest BCUT2D eigenvalue weighted by Crippen LogP contribution is -2.15. The van der Waals surface area contributed by atoms with Gasteiger partial charge in [0.15, 0.2) is 0 Å². The molecule has 0 atom stereocenters. The fraction of sp³-hybridized carbons (Fsp3) is 0.750. The van der Waals surface area contributed by atoms with Crippen molar-refractivity contribution in [1.29, 1.82) is 0 Å². The molecule has 0 saturated carbocycles. The van der Waals surface area contributed by atoms with Crippen LogP contribution in [0.1, 0.15) is 27.7 Å². The predicted octanol–water partition coefficient (Wildman–Crippen LogP) is 2.25. The van der Waals surface area contributed by atoms with E-state index in [9.17, 15) is 0 Å². The lowest BCUT2D eigenvalue weighted by molar-refractivity contribution is 0.415. The zero-order valence-electron chi connectivity index (χ0n) is 6.94. The summed E-state index contributed by atoms with van der Waals surface area (Å²) in [6, 6.07) is 0. The fourth-order valence-electron chi connectivity index (χ4n) is 0.771. The first kappa shape index (κ1) is 8.54. The van der Waals surface area contributed by atoms with Gasteiger partial charge in [-0.25, -0.2) is 0 Å². The molecule has 0 aromatic rings. The zero-order valence-corrected chi connectivity index (χ0v) is 6.94. The number of hydrogen-bond acceptors (Lipinski definition) is 1. The summed E-state index contributed by atoms with van der Waals surface area (Å²) in [6.07, 6.45) is 2.19. The molecule has 0 rings (SSSR count). The van der Waals surface area contributed by atoms with E-state index in [1.807, 2.05) is 0 Å². The molecule has 0 fully saturated rings. The first-order chi connectivity index (χ1) is 4.20. The van der Waals surface area contributed by atoms with Crippen molar-refractivity contribution < 1.29 is 0 Å². The van der Waals surface area contributed by atoms with E-state index < -0.39 is 0 Å². The quantitative estimate of drug-likeness (QED) is 0.562. The molecule has 0 heterocycles. The molecule has 54 valence electrons. The second-order valence-corrected chi connectivity index (χ2v) is 2.43. The molecule has 0 aliphatic heterocycles. The minimum absolute atomic E-state index is 1.11. The summed E-state index contributed by atoms with van der Waals surface area (Å²) in [5, 5.41) is 0. The standard InChI is InChI=1S/C8H17N/c1-5-9(6-2)7-8(3)4/h7H,5-6H2,1-4H3. The van der Waals surface area contributed by atoms with E-state index in [-0.39, 0.29) is 0 Å². The van der Waals surface area contributed by atoms with Crippen molar-refractivity contribution >= 4 is 0 Å². The second-order valence-electron chi connectivity index (χ2n) is 2.43. The van der Waals surface area contributed by atoms with Crippen molar-refractivity contribution in [2.24, 2.45) is 0 Å². The summed E-state index contributed by atoms with van der Waals surface area (Å²) in [5.74, 6) is 0. The van der Waals surface area contributed by atoms with Gasteiger partial charge in [-0.15, -0.1) is 0 Å². The van der Waals surface area contributed by atoms with Crippen LogP contribution in [-0.2, 0) is 0 Å². The van der Waals surface area contributed by atoms with Gasteiger partial charge in [-0.3, -0.25) is 0 Å². The molecule has 0 saturated heterocycles. The maximum atomic E-state index is 2.29. The van der Waals surface area contributed by atoms with Gasteiger partial charge in [-0.05, 0) is 33.9 Å². The van der Waals surface area contributed by atoms with E-state index in [0.717, 1.165) is 13.1 Å². The molecule has 1 nitrogen and oxygen atoms in total. The normalized spacial score (nSPS) is 8.89. The Morgan fingerprint density at radius 2 is 1.67 bits per heavy atom. The van der Waals surface area contributed by atoms with Gasteiger partial charge >= 0.3 is 0 Å². The lowest BCUT2D eigenvalue weighted by atomic mass is 10.4. The molecule has 0 aromatic heterocycles. The highest BCUT2D eigenvalue weighted by atomic mass is 15.1. The Labute approximate surface area is 58.4 Å². The molecule has 9 heavy (non-hydrogen) atoms. The van der Waals surface area contributed by atoms with E-state index in [1.54, 1.807) is 0 Å². The average Bonchev–Trinajstić information content (AvgIpc) is 1.82. The average molecular weight is 127 g/mol. The van der Waals surface area contributed by atoms with Crippen LogP contribution in [0.25, 0.3) is 0 Å². The van der Waals surface area contributed by atoms with Gasteiger partial charge in [-0.2, -0.15) is 0 Å². The van der Waals surface area contributed by atoms with Crippen LogP contribution in [0.3, 0.4) is 0 Å². The lowest BCUT2D eigenvalue weighted by Gasteiger charge is -2.15. The fourth-order valence-corrected chi connectivity index (χ4v) is 0.771. The van der Waals surface area contributed by atoms with Crippen LogP contribution in [0, 0.1) is 0 Å². The first-order valence-electron chi connectivity index (χ1n) is 3.59. The topological polar surface area (TPSA) is 3.24 Å². The van der Waals surface area contributed by atoms with E-state index in [2.05, 4.69) is 38.8 Å². The van der Waals surface area contributed by atoms with Crippen LogP contribution < -0.4 is 0 Å². The van der Waals surface area contributed by atoms with Gasteiger partial charge < -0.3 is 4.90 Å². The molecule has 0 aromatic carbocycles. The molecule has 0 bridgehead atoms. The summed E-state index contributed by atoms with van der Waals surface area (Å²) in [6.45, 7) is 10.8. The molecule has 0 radical (unpaired) electrons. The van der Waals surface area contributed by atoms with Crippen LogP contribution in [-0.4, -0.2) is 18.0 Å². The summed E-state index contributed by atoms with van der Waals surface area (Å²) >= 11 is 0. The van der Waals surface area contributed by atoms with Crippen molar-refractivity contribution in [1.82, 2.24) is 4.90 Å². The third-order valence-corrected chi connectivity index (χ3v) is 1.25. The van der Waals surface area contributed by atoms with Gasteiger partial charge in [0, 0.05) is 13.1 Å². The minimum atomic E-state index is 1.11. The number of nitrogens with zero attached hydrogens (tertiary/aromatic N) is 1. The Morgan fingerprint density at radius 3 is 1.78 bits per heavy atom. The zero-order chi connectivity index (χ0) is 7.28. The molecular formula is C8H17N. The van der Waals surface area contributed by atoms with Crippen molar-refractivity contribution in [3.8, 4) is 0 Å². The van der Waals surface area contributed by atoms with Crippen LogP contribution in [0.15, 0.2) is 11.8 Å². The summed E-state index contributed by atoms with van der Waals surface area (Å²) < 4.78 is 0. The van der Waals surface area contributed by atoms with Crippen LogP contribution >= 0.6 is 0 Å². The number of hydrogen-bond donors (Lipinski definition) is 0. The smallest absolute Gasteiger partial charge is 0.0143 e. The maximum absolute atomic E-state index is 2.29. The van der Waals surface area contributed by atoms with E-state index >= 15 is 0 Å². The monoisotopic (exact) mass is 127 g/mol. The van der Waals surface area contributed by atoms with Gasteiger partial charge in [0.1, 0.15) is 0 Å². The Bertz CT molecular complexity index is 86.7. The molecule has 0 aliphatic carbocycles. The third kappa shape index (κ3) is 4.07. The van der Waals surface area contributed by atoms with E-state index in [1.165, 1.54) is 5.57 Å². The van der Waals surface area contributed by atoms with Crippen molar-refractivity contribution in [2.45, 2.75) is 27.7 Å². The Balaban J connectivity index is 3.68. The van der Waals surface area contributed by atoms with Crippen LogP contribution in [0.5, 0.6) is 0 Å². The van der Waals surface area contributed by atoms with Gasteiger partial charge in [-0.1, -0.05) is 5.57 Å². The molecule has 1 heteroatoms. The van der Waals surface area contributed by atoms with Crippen molar-refractivity contribution in [3.63, 3.8) is 0 Å². The Kier molecular flexibility index (Phi) is 4.20. The first-order valence-corrected chi connectivity index (χ1v) is 3.59. The van der Waals surface area contributed by atoms with Crippen molar-refractivity contribution in [2.75, 3.05) is 13.1 Å². The largest absolute Gasteiger partial charge is 0.378 e.